The van der Waals surface area contributed by atoms with Gasteiger partial charge in [0.25, 0.3) is 0 Å². The first-order chi connectivity index (χ1) is 8.93. The zero-order chi connectivity index (χ0) is 12.2. The van der Waals surface area contributed by atoms with E-state index in [0.29, 0.717) is 6.04 Å². The van der Waals surface area contributed by atoms with Gasteiger partial charge in [-0.2, -0.15) is 0 Å². The van der Waals surface area contributed by atoms with Crippen molar-refractivity contribution in [3.63, 3.8) is 0 Å². The van der Waals surface area contributed by atoms with E-state index in [9.17, 15) is 0 Å². The van der Waals surface area contributed by atoms with Crippen LogP contribution in [0.15, 0.2) is 17.7 Å². The number of H-pyrrole nitrogens is 1. The number of thioether (sulfide) groups is 1. The smallest absolute Gasteiger partial charge is 0.181 e. The lowest BCUT2D eigenvalue weighted by Crippen LogP contribution is -2.34. The third kappa shape index (κ3) is 2.64. The highest BCUT2D eigenvalue weighted by atomic mass is 32.2. The van der Waals surface area contributed by atoms with Gasteiger partial charge in [-0.25, -0.2) is 15.0 Å². The standard InChI is InChI=1S/C12H17N5S/c1-2-5-13-9(3-1)4-6-18-12-10-11(15-7-14-10)16-8-17-12/h7-9,13H,1-6H2,(H,14,15,16,17). The molecule has 6 heteroatoms. The van der Waals surface area contributed by atoms with Crippen molar-refractivity contribution in [2.75, 3.05) is 12.3 Å². The minimum atomic E-state index is 0.686. The summed E-state index contributed by atoms with van der Waals surface area (Å²) >= 11 is 1.79. The number of imidazole rings is 1. The number of aromatic nitrogens is 4. The Bertz CT molecular complexity index is 506. The highest BCUT2D eigenvalue weighted by molar-refractivity contribution is 7.99. The van der Waals surface area contributed by atoms with E-state index in [1.165, 1.54) is 32.2 Å². The number of rotatable bonds is 4. The number of aromatic amines is 1. The lowest BCUT2D eigenvalue weighted by Gasteiger charge is -2.22. The molecule has 5 nitrogen and oxygen atoms in total. The molecule has 2 aromatic rings. The molecule has 1 aliphatic heterocycles. The van der Waals surface area contributed by atoms with E-state index in [1.807, 2.05) is 0 Å². The summed E-state index contributed by atoms with van der Waals surface area (Å²) in [5.41, 5.74) is 1.71. The first kappa shape index (κ1) is 11.9. The summed E-state index contributed by atoms with van der Waals surface area (Å²) in [6.07, 6.45) is 8.45. The van der Waals surface area contributed by atoms with E-state index in [1.54, 1.807) is 24.4 Å². The van der Waals surface area contributed by atoms with Crippen LogP contribution in [0.25, 0.3) is 11.2 Å². The van der Waals surface area contributed by atoms with Gasteiger partial charge >= 0.3 is 0 Å². The molecule has 0 bridgehead atoms. The fourth-order valence-corrected chi connectivity index (χ4v) is 3.33. The maximum Gasteiger partial charge on any atom is 0.181 e. The van der Waals surface area contributed by atoms with Crippen molar-refractivity contribution in [2.24, 2.45) is 0 Å². The largest absolute Gasteiger partial charge is 0.341 e. The minimum absolute atomic E-state index is 0.686. The number of hydrogen-bond acceptors (Lipinski definition) is 5. The number of hydrogen-bond donors (Lipinski definition) is 2. The quantitative estimate of drug-likeness (QED) is 0.652. The predicted octanol–water partition coefficient (Wildman–Crippen LogP) is 1.98. The van der Waals surface area contributed by atoms with E-state index in [2.05, 4.69) is 25.3 Å². The van der Waals surface area contributed by atoms with Crippen molar-refractivity contribution in [3.8, 4) is 0 Å². The van der Waals surface area contributed by atoms with Crippen molar-refractivity contribution in [3.05, 3.63) is 12.7 Å². The Morgan fingerprint density at radius 3 is 3.17 bits per heavy atom. The first-order valence-electron chi connectivity index (χ1n) is 6.44. The molecule has 1 atom stereocenters. The zero-order valence-corrected chi connectivity index (χ0v) is 11.0. The van der Waals surface area contributed by atoms with Gasteiger partial charge in [0.1, 0.15) is 16.9 Å². The predicted molar refractivity (Wildman–Crippen MR) is 72.7 cm³/mol. The van der Waals surface area contributed by atoms with E-state index in [-0.39, 0.29) is 0 Å². The number of nitrogens with zero attached hydrogens (tertiary/aromatic N) is 3. The molecule has 2 N–H and O–H groups in total. The fraction of sp³-hybridized carbons (Fsp3) is 0.583. The normalized spacial score (nSPS) is 20.3. The van der Waals surface area contributed by atoms with Crippen LogP contribution in [-0.4, -0.2) is 38.3 Å². The van der Waals surface area contributed by atoms with Crippen LogP contribution >= 0.6 is 11.8 Å². The number of fused-ring (bicyclic) bond motifs is 1. The second-order valence-electron chi connectivity index (χ2n) is 4.56. The summed E-state index contributed by atoms with van der Waals surface area (Å²) in [7, 11) is 0. The molecule has 18 heavy (non-hydrogen) atoms. The second-order valence-corrected chi connectivity index (χ2v) is 5.65. The molecule has 1 fully saturated rings. The van der Waals surface area contributed by atoms with Gasteiger partial charge in [-0.1, -0.05) is 6.42 Å². The average molecular weight is 263 g/mol. The summed E-state index contributed by atoms with van der Waals surface area (Å²) in [4.78, 5) is 15.7. The second kappa shape index (κ2) is 5.67. The van der Waals surface area contributed by atoms with Crippen LogP contribution in [0.4, 0.5) is 0 Å². The van der Waals surface area contributed by atoms with Crippen LogP contribution in [0.5, 0.6) is 0 Å². The Hall–Kier alpha value is -1.14. The molecule has 0 saturated carbocycles. The van der Waals surface area contributed by atoms with Crippen molar-refractivity contribution in [1.82, 2.24) is 25.3 Å². The molecular formula is C12H17N5S. The SMILES string of the molecule is c1nc(SCCC2CCCCN2)c2[nH]cnc2n1. The van der Waals surface area contributed by atoms with Gasteiger partial charge in [-0.15, -0.1) is 11.8 Å². The molecule has 3 rings (SSSR count). The Morgan fingerprint density at radius 2 is 2.28 bits per heavy atom. The van der Waals surface area contributed by atoms with Gasteiger partial charge in [-0.3, -0.25) is 0 Å². The van der Waals surface area contributed by atoms with Crippen LogP contribution in [0.1, 0.15) is 25.7 Å². The molecule has 0 spiro atoms. The Balaban J connectivity index is 1.57. The Morgan fingerprint density at radius 1 is 1.28 bits per heavy atom. The summed E-state index contributed by atoms with van der Waals surface area (Å²) in [5.74, 6) is 1.09. The molecule has 0 radical (unpaired) electrons. The average Bonchev–Trinajstić information content (AvgIpc) is 2.89. The molecule has 0 aromatic carbocycles. The van der Waals surface area contributed by atoms with E-state index < -0.39 is 0 Å². The van der Waals surface area contributed by atoms with Crippen LogP contribution in [0, 0.1) is 0 Å². The van der Waals surface area contributed by atoms with Crippen LogP contribution in [0.2, 0.25) is 0 Å². The Labute approximate surface area is 110 Å². The number of nitrogens with one attached hydrogen (secondary N) is 2. The molecule has 3 heterocycles. The van der Waals surface area contributed by atoms with E-state index in [4.69, 9.17) is 0 Å². The first-order valence-corrected chi connectivity index (χ1v) is 7.42. The van der Waals surface area contributed by atoms with Crippen LogP contribution in [0.3, 0.4) is 0 Å². The molecule has 0 amide bonds. The maximum atomic E-state index is 4.32. The topological polar surface area (TPSA) is 66.5 Å². The minimum Gasteiger partial charge on any atom is -0.341 e. The van der Waals surface area contributed by atoms with Gasteiger partial charge < -0.3 is 10.3 Å². The summed E-state index contributed by atoms with van der Waals surface area (Å²) < 4.78 is 0. The van der Waals surface area contributed by atoms with Crippen LogP contribution in [-0.2, 0) is 0 Å². The molecule has 2 aromatic heterocycles. The lowest BCUT2D eigenvalue weighted by molar-refractivity contribution is 0.394. The van der Waals surface area contributed by atoms with Gasteiger partial charge in [-0.05, 0) is 25.8 Å². The third-order valence-electron chi connectivity index (χ3n) is 3.31. The molecule has 96 valence electrons. The van der Waals surface area contributed by atoms with E-state index >= 15 is 0 Å². The summed E-state index contributed by atoms with van der Waals surface area (Å²) in [6.45, 7) is 1.17. The third-order valence-corrected chi connectivity index (χ3v) is 4.33. The summed E-state index contributed by atoms with van der Waals surface area (Å²) in [5, 5.41) is 4.58. The molecule has 1 saturated heterocycles. The monoisotopic (exact) mass is 263 g/mol. The molecule has 1 aliphatic rings. The molecule has 0 aliphatic carbocycles. The highest BCUT2D eigenvalue weighted by Gasteiger charge is 2.13. The molecule has 1 unspecified atom stereocenters. The van der Waals surface area contributed by atoms with Gasteiger partial charge in [0, 0.05) is 11.8 Å². The van der Waals surface area contributed by atoms with Crippen molar-refractivity contribution >= 4 is 22.9 Å². The zero-order valence-electron chi connectivity index (χ0n) is 10.2. The van der Waals surface area contributed by atoms with E-state index in [0.717, 1.165) is 21.9 Å². The highest BCUT2D eigenvalue weighted by Crippen LogP contribution is 2.23. The van der Waals surface area contributed by atoms with Gasteiger partial charge in [0.2, 0.25) is 0 Å². The van der Waals surface area contributed by atoms with Crippen LogP contribution < -0.4 is 5.32 Å². The van der Waals surface area contributed by atoms with Gasteiger partial charge in [0.05, 0.1) is 6.33 Å². The van der Waals surface area contributed by atoms with Crippen molar-refractivity contribution < 1.29 is 0 Å². The number of piperidine rings is 1. The van der Waals surface area contributed by atoms with Gasteiger partial charge in [0.15, 0.2) is 5.65 Å². The van der Waals surface area contributed by atoms with Crippen molar-refractivity contribution in [1.29, 1.82) is 0 Å². The molecular weight excluding hydrogens is 246 g/mol. The summed E-state index contributed by atoms with van der Waals surface area (Å²) in [6, 6.07) is 0.686. The maximum absolute atomic E-state index is 4.32. The lowest BCUT2D eigenvalue weighted by atomic mass is 10.0. The fourth-order valence-electron chi connectivity index (χ4n) is 2.32. The van der Waals surface area contributed by atoms with Crippen molar-refractivity contribution in [2.45, 2.75) is 36.8 Å². The Kier molecular flexibility index (Phi) is 3.75.